The monoisotopic (exact) mass is 459 g/mol. The van der Waals surface area contributed by atoms with Gasteiger partial charge in [0.25, 0.3) is 11.8 Å². The molecular weight excluding hydrogens is 430 g/mol. The van der Waals surface area contributed by atoms with Gasteiger partial charge >= 0.3 is 0 Å². The number of hydrogen-bond donors (Lipinski definition) is 3. The first kappa shape index (κ1) is 22.3. The summed E-state index contributed by atoms with van der Waals surface area (Å²) in [5.74, 6) is 0.968. The Balaban J connectivity index is 1.37. The maximum absolute atomic E-state index is 13.1. The molecular formula is C26H29N5O3. The number of amides is 2. The lowest BCUT2D eigenvalue weighted by molar-refractivity contribution is 0.0904. The SMILES string of the molecule is Cc1cncc(NC(=O)c2cccc(C(NC(=O)c3cc(C4CC4)on3)C3CCNCC3)c2)c1. The molecule has 2 amide bonds. The summed E-state index contributed by atoms with van der Waals surface area (Å²) in [5.41, 5.74) is 3.36. The van der Waals surface area contributed by atoms with Gasteiger partial charge in [0.2, 0.25) is 0 Å². The molecule has 1 atom stereocenters. The van der Waals surface area contributed by atoms with Crippen molar-refractivity contribution in [3.8, 4) is 0 Å². The molecule has 3 N–H and O–H groups in total. The summed E-state index contributed by atoms with van der Waals surface area (Å²) in [4.78, 5) is 30.2. The maximum Gasteiger partial charge on any atom is 0.273 e. The van der Waals surface area contributed by atoms with E-state index in [1.165, 1.54) is 0 Å². The predicted octanol–water partition coefficient (Wildman–Crippen LogP) is 3.98. The van der Waals surface area contributed by atoms with E-state index in [1.807, 2.05) is 31.2 Å². The second-order valence-electron chi connectivity index (χ2n) is 9.26. The molecule has 8 heteroatoms. The minimum Gasteiger partial charge on any atom is -0.360 e. The van der Waals surface area contributed by atoms with Crippen molar-refractivity contribution < 1.29 is 14.1 Å². The fraction of sp³-hybridized carbons (Fsp3) is 0.385. The quantitative estimate of drug-likeness (QED) is 0.493. The first-order chi connectivity index (χ1) is 16.6. The fourth-order valence-corrected chi connectivity index (χ4v) is 4.52. The van der Waals surface area contributed by atoms with Crippen molar-refractivity contribution in [3.05, 3.63) is 76.9 Å². The van der Waals surface area contributed by atoms with Crippen molar-refractivity contribution >= 4 is 17.5 Å². The van der Waals surface area contributed by atoms with Crippen molar-refractivity contribution in [1.82, 2.24) is 20.8 Å². The molecule has 5 rings (SSSR count). The van der Waals surface area contributed by atoms with Crippen LogP contribution in [-0.4, -0.2) is 35.0 Å². The first-order valence-electron chi connectivity index (χ1n) is 11.9. The summed E-state index contributed by atoms with van der Waals surface area (Å²) in [7, 11) is 0. The van der Waals surface area contributed by atoms with E-state index in [9.17, 15) is 9.59 Å². The molecule has 2 aromatic heterocycles. The molecule has 2 fully saturated rings. The highest BCUT2D eigenvalue weighted by molar-refractivity contribution is 6.04. The molecule has 3 aromatic rings. The molecule has 1 aromatic carbocycles. The zero-order valence-corrected chi connectivity index (χ0v) is 19.2. The summed E-state index contributed by atoms with van der Waals surface area (Å²) >= 11 is 0. The third kappa shape index (κ3) is 5.17. The second kappa shape index (κ2) is 9.77. The van der Waals surface area contributed by atoms with Gasteiger partial charge in [-0.3, -0.25) is 14.6 Å². The van der Waals surface area contributed by atoms with Gasteiger partial charge in [-0.15, -0.1) is 0 Å². The lowest BCUT2D eigenvalue weighted by atomic mass is 9.85. The average molecular weight is 460 g/mol. The maximum atomic E-state index is 13.1. The van der Waals surface area contributed by atoms with Gasteiger partial charge in [0.15, 0.2) is 5.69 Å². The van der Waals surface area contributed by atoms with Crippen LogP contribution >= 0.6 is 0 Å². The second-order valence-corrected chi connectivity index (χ2v) is 9.26. The van der Waals surface area contributed by atoms with Crippen molar-refractivity contribution in [2.75, 3.05) is 18.4 Å². The van der Waals surface area contributed by atoms with E-state index >= 15 is 0 Å². The molecule has 2 aliphatic rings. The molecule has 8 nitrogen and oxygen atoms in total. The van der Waals surface area contributed by atoms with E-state index in [0.29, 0.717) is 22.9 Å². The smallest absolute Gasteiger partial charge is 0.273 e. The number of nitrogens with zero attached hydrogens (tertiary/aromatic N) is 2. The summed E-state index contributed by atoms with van der Waals surface area (Å²) in [6.07, 6.45) is 7.40. The number of nitrogens with one attached hydrogen (secondary N) is 3. The molecule has 3 heterocycles. The van der Waals surface area contributed by atoms with Gasteiger partial charge in [-0.25, -0.2) is 0 Å². The van der Waals surface area contributed by atoms with E-state index in [1.54, 1.807) is 24.5 Å². The van der Waals surface area contributed by atoms with Crippen LogP contribution in [0.15, 0.2) is 53.3 Å². The van der Waals surface area contributed by atoms with Gasteiger partial charge in [0, 0.05) is 23.7 Å². The molecule has 1 unspecified atom stereocenters. The van der Waals surface area contributed by atoms with Crippen LogP contribution in [0.25, 0.3) is 0 Å². The zero-order valence-electron chi connectivity index (χ0n) is 19.2. The lowest BCUT2D eigenvalue weighted by Crippen LogP contribution is -2.39. The Morgan fingerprint density at radius 1 is 1.06 bits per heavy atom. The van der Waals surface area contributed by atoms with Crippen LogP contribution in [0.3, 0.4) is 0 Å². The highest BCUT2D eigenvalue weighted by atomic mass is 16.5. The van der Waals surface area contributed by atoms with E-state index in [0.717, 1.165) is 55.7 Å². The highest BCUT2D eigenvalue weighted by Gasteiger charge is 2.31. The molecule has 1 aliphatic carbocycles. The van der Waals surface area contributed by atoms with Gasteiger partial charge in [-0.05, 0) is 80.9 Å². The van der Waals surface area contributed by atoms with E-state index in [4.69, 9.17) is 4.52 Å². The van der Waals surface area contributed by atoms with Crippen molar-refractivity contribution in [2.24, 2.45) is 5.92 Å². The minimum absolute atomic E-state index is 0.213. The third-order valence-electron chi connectivity index (χ3n) is 6.52. The van der Waals surface area contributed by atoms with Gasteiger partial charge in [0.1, 0.15) is 5.76 Å². The predicted molar refractivity (Wildman–Crippen MR) is 128 cm³/mol. The number of carbonyl (C=O) groups excluding carboxylic acids is 2. The van der Waals surface area contributed by atoms with Gasteiger partial charge in [-0.2, -0.15) is 0 Å². The topological polar surface area (TPSA) is 109 Å². The molecule has 1 aliphatic heterocycles. The Hall–Kier alpha value is -3.52. The van der Waals surface area contributed by atoms with Crippen LogP contribution in [0.1, 0.15) is 75.4 Å². The average Bonchev–Trinajstić information content (AvgIpc) is 3.59. The third-order valence-corrected chi connectivity index (χ3v) is 6.52. The van der Waals surface area contributed by atoms with Crippen molar-refractivity contribution in [3.63, 3.8) is 0 Å². The molecule has 0 radical (unpaired) electrons. The number of hydrogen-bond acceptors (Lipinski definition) is 6. The summed E-state index contributed by atoms with van der Waals surface area (Å²) < 4.78 is 5.38. The lowest BCUT2D eigenvalue weighted by Gasteiger charge is -2.31. The Bertz CT molecular complexity index is 1180. The Morgan fingerprint density at radius 3 is 2.65 bits per heavy atom. The first-order valence-corrected chi connectivity index (χ1v) is 11.9. The number of piperidine rings is 1. The standard InChI is InChI=1S/C26H29N5O3/c1-16-11-21(15-28-14-16)29-25(32)20-4-2-3-19(12-20)24(18-7-9-27-10-8-18)30-26(33)22-13-23(34-31-22)17-5-6-17/h2-4,11-15,17-18,24,27H,5-10H2,1H3,(H,29,32)(H,30,33). The summed E-state index contributed by atoms with van der Waals surface area (Å²) in [6.45, 7) is 3.72. The van der Waals surface area contributed by atoms with Gasteiger partial charge in [-0.1, -0.05) is 17.3 Å². The molecule has 0 spiro atoms. The Kier molecular flexibility index (Phi) is 6.40. The molecule has 1 saturated heterocycles. The fourth-order valence-electron chi connectivity index (χ4n) is 4.52. The minimum atomic E-state index is -0.250. The molecule has 1 saturated carbocycles. The van der Waals surface area contributed by atoms with Gasteiger partial charge < -0.3 is 20.5 Å². The van der Waals surface area contributed by atoms with E-state index < -0.39 is 0 Å². The number of aryl methyl sites for hydroxylation is 1. The number of pyridine rings is 1. The van der Waals surface area contributed by atoms with Crippen LogP contribution in [0.5, 0.6) is 0 Å². The molecule has 34 heavy (non-hydrogen) atoms. The Labute approximate surface area is 198 Å². The van der Waals surface area contributed by atoms with E-state index in [-0.39, 0.29) is 23.8 Å². The van der Waals surface area contributed by atoms with Crippen LogP contribution in [0.2, 0.25) is 0 Å². The molecule has 176 valence electrons. The zero-order chi connectivity index (χ0) is 23.5. The molecule has 0 bridgehead atoms. The number of anilines is 1. The van der Waals surface area contributed by atoms with Gasteiger partial charge in [0.05, 0.1) is 17.9 Å². The summed E-state index contributed by atoms with van der Waals surface area (Å²) in [6, 6.07) is 10.9. The van der Waals surface area contributed by atoms with Crippen LogP contribution in [-0.2, 0) is 0 Å². The number of benzene rings is 1. The number of aromatic nitrogens is 2. The summed E-state index contributed by atoms with van der Waals surface area (Å²) in [5, 5.41) is 13.5. The highest BCUT2D eigenvalue weighted by Crippen LogP contribution is 2.40. The normalized spacial score (nSPS) is 17.2. The van der Waals surface area contributed by atoms with Crippen LogP contribution < -0.4 is 16.0 Å². The largest absolute Gasteiger partial charge is 0.360 e. The van der Waals surface area contributed by atoms with Crippen molar-refractivity contribution in [1.29, 1.82) is 0 Å². The van der Waals surface area contributed by atoms with E-state index in [2.05, 4.69) is 26.1 Å². The Morgan fingerprint density at radius 2 is 1.88 bits per heavy atom. The number of carbonyl (C=O) groups is 2. The van der Waals surface area contributed by atoms with Crippen LogP contribution in [0, 0.1) is 12.8 Å². The van der Waals surface area contributed by atoms with Crippen molar-refractivity contribution in [2.45, 2.75) is 44.6 Å². The van der Waals surface area contributed by atoms with Crippen LogP contribution in [0.4, 0.5) is 5.69 Å². The number of rotatable bonds is 7.